The van der Waals surface area contributed by atoms with E-state index in [1.165, 1.54) is 0 Å². The van der Waals surface area contributed by atoms with Gasteiger partial charge in [-0.05, 0) is 31.5 Å². The standard InChI is InChI=1S/C16H20N2O2/c1-17-10-5-11-18-16(19)12-20-15-9-4-7-13-6-2-3-8-14(13)15/h2-4,6-9,17H,5,10-12H2,1H3,(H,18,19). The van der Waals surface area contributed by atoms with Crippen molar-refractivity contribution in [1.82, 2.24) is 10.6 Å². The van der Waals surface area contributed by atoms with Crippen LogP contribution in [0.5, 0.6) is 5.75 Å². The van der Waals surface area contributed by atoms with Crippen LogP contribution in [0.25, 0.3) is 10.8 Å². The number of carbonyl (C=O) groups is 1. The van der Waals surface area contributed by atoms with E-state index in [4.69, 9.17) is 4.74 Å². The van der Waals surface area contributed by atoms with Crippen molar-refractivity contribution in [2.45, 2.75) is 6.42 Å². The molecular formula is C16H20N2O2. The van der Waals surface area contributed by atoms with Crippen molar-refractivity contribution >= 4 is 16.7 Å². The average Bonchev–Trinajstić information content (AvgIpc) is 2.49. The molecule has 0 spiro atoms. The molecule has 0 aliphatic heterocycles. The highest BCUT2D eigenvalue weighted by molar-refractivity contribution is 5.88. The number of ether oxygens (including phenoxy) is 1. The summed E-state index contributed by atoms with van der Waals surface area (Å²) >= 11 is 0. The van der Waals surface area contributed by atoms with Crippen molar-refractivity contribution < 1.29 is 9.53 Å². The van der Waals surface area contributed by atoms with E-state index in [9.17, 15) is 4.79 Å². The summed E-state index contributed by atoms with van der Waals surface area (Å²) in [6.07, 6.45) is 0.913. The van der Waals surface area contributed by atoms with Gasteiger partial charge in [0.2, 0.25) is 0 Å². The molecule has 0 fully saturated rings. The Morgan fingerprint density at radius 2 is 1.90 bits per heavy atom. The van der Waals surface area contributed by atoms with E-state index in [-0.39, 0.29) is 12.5 Å². The van der Waals surface area contributed by atoms with Crippen LogP contribution in [0.4, 0.5) is 0 Å². The zero-order valence-corrected chi connectivity index (χ0v) is 11.7. The topological polar surface area (TPSA) is 50.4 Å². The smallest absolute Gasteiger partial charge is 0.257 e. The highest BCUT2D eigenvalue weighted by Gasteiger charge is 2.04. The van der Waals surface area contributed by atoms with Crippen molar-refractivity contribution in [3.63, 3.8) is 0 Å². The lowest BCUT2D eigenvalue weighted by Crippen LogP contribution is -2.30. The molecule has 0 saturated heterocycles. The third-order valence-corrected chi connectivity index (χ3v) is 3.03. The predicted molar refractivity (Wildman–Crippen MR) is 81.0 cm³/mol. The van der Waals surface area contributed by atoms with Gasteiger partial charge in [0.1, 0.15) is 5.75 Å². The normalized spacial score (nSPS) is 10.4. The molecule has 2 rings (SSSR count). The van der Waals surface area contributed by atoms with Gasteiger partial charge in [-0.2, -0.15) is 0 Å². The Labute approximate surface area is 119 Å². The van der Waals surface area contributed by atoms with Gasteiger partial charge >= 0.3 is 0 Å². The van der Waals surface area contributed by atoms with E-state index in [1.54, 1.807) is 0 Å². The average molecular weight is 272 g/mol. The number of nitrogens with one attached hydrogen (secondary N) is 2. The minimum atomic E-state index is -0.0889. The van der Waals surface area contributed by atoms with Crippen molar-refractivity contribution in [3.05, 3.63) is 42.5 Å². The first kappa shape index (κ1) is 14.3. The summed E-state index contributed by atoms with van der Waals surface area (Å²) < 4.78 is 5.61. The van der Waals surface area contributed by atoms with Gasteiger partial charge in [0.25, 0.3) is 5.91 Å². The monoisotopic (exact) mass is 272 g/mol. The summed E-state index contributed by atoms with van der Waals surface area (Å²) in [5, 5.41) is 8.01. The van der Waals surface area contributed by atoms with E-state index in [1.807, 2.05) is 49.5 Å². The molecule has 106 valence electrons. The molecule has 0 bridgehead atoms. The lowest BCUT2D eigenvalue weighted by Gasteiger charge is -2.09. The Balaban J connectivity index is 1.88. The van der Waals surface area contributed by atoms with Gasteiger partial charge in [0.15, 0.2) is 6.61 Å². The second kappa shape index (κ2) is 7.50. The van der Waals surface area contributed by atoms with Crippen LogP contribution < -0.4 is 15.4 Å². The molecular weight excluding hydrogens is 252 g/mol. The first-order valence-corrected chi connectivity index (χ1v) is 6.83. The summed E-state index contributed by atoms with van der Waals surface area (Å²) in [6.45, 7) is 1.61. The highest BCUT2D eigenvalue weighted by Crippen LogP contribution is 2.24. The fourth-order valence-corrected chi connectivity index (χ4v) is 2.01. The molecule has 1 amide bonds. The second-order valence-corrected chi connectivity index (χ2v) is 4.57. The summed E-state index contributed by atoms with van der Waals surface area (Å²) in [6, 6.07) is 13.8. The maximum Gasteiger partial charge on any atom is 0.257 e. The molecule has 0 aromatic heterocycles. The molecule has 2 N–H and O–H groups in total. The van der Waals surface area contributed by atoms with Crippen LogP contribution in [0, 0.1) is 0 Å². The molecule has 2 aromatic rings. The van der Waals surface area contributed by atoms with Gasteiger partial charge in [-0.3, -0.25) is 4.79 Å². The molecule has 0 atom stereocenters. The predicted octanol–water partition coefficient (Wildman–Crippen LogP) is 1.94. The molecule has 0 aliphatic carbocycles. The van der Waals surface area contributed by atoms with Gasteiger partial charge in [-0.1, -0.05) is 36.4 Å². The van der Waals surface area contributed by atoms with Gasteiger partial charge in [-0.25, -0.2) is 0 Å². The van der Waals surface area contributed by atoms with Crippen LogP contribution in [0.1, 0.15) is 6.42 Å². The highest BCUT2D eigenvalue weighted by atomic mass is 16.5. The summed E-state index contributed by atoms with van der Waals surface area (Å²) in [4.78, 5) is 11.7. The minimum Gasteiger partial charge on any atom is -0.483 e. The van der Waals surface area contributed by atoms with Crippen molar-refractivity contribution in [3.8, 4) is 5.75 Å². The SMILES string of the molecule is CNCCCNC(=O)COc1cccc2ccccc12. The van der Waals surface area contributed by atoms with Crippen molar-refractivity contribution in [1.29, 1.82) is 0 Å². The van der Waals surface area contributed by atoms with Crippen LogP contribution in [0.2, 0.25) is 0 Å². The molecule has 0 heterocycles. The zero-order valence-electron chi connectivity index (χ0n) is 11.7. The molecule has 0 radical (unpaired) electrons. The third kappa shape index (κ3) is 3.96. The molecule has 2 aromatic carbocycles. The zero-order chi connectivity index (χ0) is 14.2. The molecule has 0 unspecified atom stereocenters. The summed E-state index contributed by atoms with van der Waals surface area (Å²) in [7, 11) is 1.89. The Bertz CT molecular complexity index is 564. The Morgan fingerprint density at radius 3 is 2.75 bits per heavy atom. The Hall–Kier alpha value is -2.07. The molecule has 0 saturated carbocycles. The van der Waals surface area contributed by atoms with E-state index >= 15 is 0 Å². The van der Waals surface area contributed by atoms with Gasteiger partial charge in [0, 0.05) is 11.9 Å². The number of fused-ring (bicyclic) bond motifs is 1. The number of hydrogen-bond donors (Lipinski definition) is 2. The van der Waals surface area contributed by atoms with E-state index in [2.05, 4.69) is 10.6 Å². The van der Waals surface area contributed by atoms with Gasteiger partial charge < -0.3 is 15.4 Å². The first-order valence-electron chi connectivity index (χ1n) is 6.83. The van der Waals surface area contributed by atoms with Crippen LogP contribution in [0.3, 0.4) is 0 Å². The first-order chi connectivity index (χ1) is 9.81. The summed E-state index contributed by atoms with van der Waals surface area (Å²) in [5.74, 6) is 0.655. The van der Waals surface area contributed by atoms with Gasteiger partial charge in [-0.15, -0.1) is 0 Å². The van der Waals surface area contributed by atoms with Crippen LogP contribution in [-0.2, 0) is 4.79 Å². The molecule has 20 heavy (non-hydrogen) atoms. The lowest BCUT2D eigenvalue weighted by atomic mass is 10.1. The van der Waals surface area contributed by atoms with Crippen LogP contribution in [-0.4, -0.2) is 32.7 Å². The number of amides is 1. The van der Waals surface area contributed by atoms with E-state index < -0.39 is 0 Å². The van der Waals surface area contributed by atoms with E-state index in [0.29, 0.717) is 6.54 Å². The quantitative estimate of drug-likeness (QED) is 0.757. The molecule has 4 heteroatoms. The van der Waals surface area contributed by atoms with Crippen LogP contribution in [0.15, 0.2) is 42.5 Å². The van der Waals surface area contributed by atoms with Crippen LogP contribution >= 0.6 is 0 Å². The summed E-state index contributed by atoms with van der Waals surface area (Å²) in [5.41, 5.74) is 0. The van der Waals surface area contributed by atoms with Gasteiger partial charge in [0.05, 0.1) is 0 Å². The fraction of sp³-hybridized carbons (Fsp3) is 0.312. The minimum absolute atomic E-state index is 0.0492. The molecule has 4 nitrogen and oxygen atoms in total. The maximum absolute atomic E-state index is 11.7. The van der Waals surface area contributed by atoms with E-state index in [0.717, 1.165) is 29.5 Å². The Kier molecular flexibility index (Phi) is 5.38. The number of rotatable bonds is 7. The molecule has 0 aliphatic rings. The second-order valence-electron chi connectivity index (χ2n) is 4.57. The van der Waals surface area contributed by atoms with Crippen molar-refractivity contribution in [2.75, 3.05) is 26.7 Å². The van der Waals surface area contributed by atoms with Crippen molar-refractivity contribution in [2.24, 2.45) is 0 Å². The third-order valence-electron chi connectivity index (χ3n) is 3.03. The fourth-order valence-electron chi connectivity index (χ4n) is 2.01. The number of hydrogen-bond acceptors (Lipinski definition) is 3. The Morgan fingerprint density at radius 1 is 1.10 bits per heavy atom. The lowest BCUT2D eigenvalue weighted by molar-refractivity contribution is -0.123. The number of carbonyl (C=O) groups excluding carboxylic acids is 1. The number of benzene rings is 2. The largest absolute Gasteiger partial charge is 0.483 e. The maximum atomic E-state index is 11.7.